The van der Waals surface area contributed by atoms with Crippen LogP contribution in [0.15, 0.2) is 4.99 Å². The first-order valence-corrected chi connectivity index (χ1v) is 6.78. The Morgan fingerprint density at radius 2 is 2.39 bits per heavy atom. The molecule has 0 aromatic rings. The minimum Gasteiger partial charge on any atom is -0.382 e. The summed E-state index contributed by atoms with van der Waals surface area (Å²) in [6.45, 7) is 7.48. The van der Waals surface area contributed by atoms with Gasteiger partial charge in [-0.2, -0.15) is 0 Å². The summed E-state index contributed by atoms with van der Waals surface area (Å²) in [4.78, 5) is 6.64. The number of nitrogens with zero attached hydrogens (tertiary/aromatic N) is 2. The summed E-state index contributed by atoms with van der Waals surface area (Å²) in [6.07, 6.45) is 2.55. The zero-order chi connectivity index (χ0) is 13.2. The van der Waals surface area contributed by atoms with Gasteiger partial charge >= 0.3 is 0 Å². The lowest BCUT2D eigenvalue weighted by Crippen LogP contribution is -2.59. The Kier molecular flexibility index (Phi) is 4.12. The van der Waals surface area contributed by atoms with E-state index in [0.717, 1.165) is 32.5 Å². The van der Waals surface area contributed by atoms with Crippen molar-refractivity contribution < 1.29 is 9.47 Å². The van der Waals surface area contributed by atoms with Gasteiger partial charge in [-0.3, -0.25) is 4.99 Å². The Morgan fingerprint density at radius 3 is 2.94 bits per heavy atom. The molecule has 0 spiro atoms. The van der Waals surface area contributed by atoms with Crippen molar-refractivity contribution in [2.45, 2.75) is 38.3 Å². The Hall–Kier alpha value is -0.810. The molecule has 1 saturated heterocycles. The van der Waals surface area contributed by atoms with Crippen LogP contribution in [0.3, 0.4) is 0 Å². The van der Waals surface area contributed by atoms with E-state index in [1.54, 1.807) is 7.11 Å². The minimum atomic E-state index is -0.106. The summed E-state index contributed by atoms with van der Waals surface area (Å²) < 4.78 is 11.1. The van der Waals surface area contributed by atoms with Crippen molar-refractivity contribution >= 4 is 5.96 Å². The van der Waals surface area contributed by atoms with Crippen LogP contribution in [0.5, 0.6) is 0 Å². The largest absolute Gasteiger partial charge is 0.382 e. The molecule has 0 saturated carbocycles. The van der Waals surface area contributed by atoms with Crippen LogP contribution in [0.4, 0.5) is 0 Å². The number of guanidine groups is 1. The van der Waals surface area contributed by atoms with Crippen LogP contribution in [0.25, 0.3) is 0 Å². The highest BCUT2D eigenvalue weighted by Crippen LogP contribution is 2.31. The van der Waals surface area contributed by atoms with E-state index < -0.39 is 0 Å². The van der Waals surface area contributed by atoms with E-state index in [9.17, 15) is 0 Å². The van der Waals surface area contributed by atoms with Crippen LogP contribution in [-0.4, -0.2) is 55.9 Å². The monoisotopic (exact) mass is 255 g/mol. The Labute approximate surface area is 109 Å². The first-order valence-electron chi connectivity index (χ1n) is 6.78. The van der Waals surface area contributed by atoms with Crippen molar-refractivity contribution in [1.29, 1.82) is 0 Å². The lowest BCUT2D eigenvalue weighted by molar-refractivity contribution is 0.00575. The summed E-state index contributed by atoms with van der Waals surface area (Å²) >= 11 is 0. The van der Waals surface area contributed by atoms with Crippen molar-refractivity contribution in [2.24, 2.45) is 16.6 Å². The lowest BCUT2D eigenvalue weighted by atomic mass is 9.86. The molecule has 0 aromatic carbocycles. The van der Waals surface area contributed by atoms with Crippen LogP contribution < -0.4 is 5.73 Å². The third-order valence-corrected chi connectivity index (χ3v) is 4.21. The maximum atomic E-state index is 6.07. The number of rotatable bonds is 5. The highest BCUT2D eigenvalue weighted by molar-refractivity contribution is 5.81. The first-order chi connectivity index (χ1) is 8.60. The van der Waals surface area contributed by atoms with E-state index in [2.05, 4.69) is 23.7 Å². The van der Waals surface area contributed by atoms with Gasteiger partial charge in [-0.25, -0.2) is 0 Å². The van der Waals surface area contributed by atoms with Gasteiger partial charge in [0.2, 0.25) is 0 Å². The topological polar surface area (TPSA) is 60.1 Å². The van der Waals surface area contributed by atoms with Gasteiger partial charge < -0.3 is 20.1 Å². The first kappa shape index (κ1) is 13.6. The predicted octanol–water partition coefficient (Wildman–Crippen LogP) is 0.837. The average Bonchev–Trinajstić information content (AvgIpc) is 2.93. The molecule has 2 aliphatic rings. The summed E-state index contributed by atoms with van der Waals surface area (Å²) in [5.74, 6) is 1.07. The molecule has 2 atom stereocenters. The SMILES string of the molecule is COCC1(C(C)C)CN=C(N)N1CC1CCCO1. The van der Waals surface area contributed by atoms with Gasteiger partial charge in [0, 0.05) is 20.3 Å². The fourth-order valence-corrected chi connectivity index (χ4v) is 2.92. The predicted molar refractivity (Wildman–Crippen MR) is 71.6 cm³/mol. The van der Waals surface area contributed by atoms with E-state index in [4.69, 9.17) is 15.2 Å². The average molecular weight is 255 g/mol. The second-order valence-corrected chi connectivity index (χ2v) is 5.61. The second kappa shape index (κ2) is 5.45. The molecule has 2 rings (SSSR count). The van der Waals surface area contributed by atoms with Crippen LogP contribution in [0, 0.1) is 5.92 Å². The van der Waals surface area contributed by atoms with Gasteiger partial charge in [0.15, 0.2) is 5.96 Å². The number of nitrogens with two attached hydrogens (primary N) is 1. The molecule has 2 heterocycles. The molecular weight excluding hydrogens is 230 g/mol. The van der Waals surface area contributed by atoms with Crippen molar-refractivity contribution in [3.8, 4) is 0 Å². The second-order valence-electron chi connectivity index (χ2n) is 5.61. The molecule has 0 bridgehead atoms. The number of methoxy groups -OCH3 is 1. The van der Waals surface area contributed by atoms with Gasteiger partial charge in [0.25, 0.3) is 0 Å². The Bertz CT molecular complexity index is 313. The van der Waals surface area contributed by atoms with Crippen molar-refractivity contribution in [3.63, 3.8) is 0 Å². The van der Waals surface area contributed by atoms with Crippen LogP contribution in [0.1, 0.15) is 26.7 Å². The molecule has 18 heavy (non-hydrogen) atoms. The summed E-state index contributed by atoms with van der Waals surface area (Å²) in [6, 6.07) is 0. The van der Waals surface area contributed by atoms with Crippen molar-refractivity contribution in [3.05, 3.63) is 0 Å². The van der Waals surface area contributed by atoms with E-state index in [0.29, 0.717) is 18.5 Å². The van der Waals surface area contributed by atoms with Crippen molar-refractivity contribution in [2.75, 3.05) is 33.4 Å². The fraction of sp³-hybridized carbons (Fsp3) is 0.923. The third kappa shape index (κ3) is 2.34. The third-order valence-electron chi connectivity index (χ3n) is 4.21. The number of hydrogen-bond donors (Lipinski definition) is 1. The number of aliphatic imine (C=N–C) groups is 1. The maximum absolute atomic E-state index is 6.07. The van der Waals surface area contributed by atoms with Gasteiger partial charge in [0.1, 0.15) is 0 Å². The van der Waals surface area contributed by atoms with Gasteiger partial charge in [-0.1, -0.05) is 13.8 Å². The molecule has 0 aliphatic carbocycles. The molecule has 5 heteroatoms. The highest BCUT2D eigenvalue weighted by atomic mass is 16.5. The van der Waals surface area contributed by atoms with Gasteiger partial charge in [-0.05, 0) is 18.8 Å². The number of ether oxygens (including phenoxy) is 2. The van der Waals surface area contributed by atoms with Crippen LogP contribution in [0.2, 0.25) is 0 Å². The van der Waals surface area contributed by atoms with E-state index in [1.165, 1.54) is 0 Å². The molecule has 2 aliphatic heterocycles. The zero-order valence-electron chi connectivity index (χ0n) is 11.7. The number of hydrogen-bond acceptors (Lipinski definition) is 5. The van der Waals surface area contributed by atoms with Gasteiger partial charge in [0.05, 0.1) is 24.8 Å². The minimum absolute atomic E-state index is 0.106. The normalized spacial score (nSPS) is 32.3. The zero-order valence-corrected chi connectivity index (χ0v) is 11.7. The highest BCUT2D eigenvalue weighted by Gasteiger charge is 2.45. The molecule has 2 N–H and O–H groups in total. The molecule has 2 unspecified atom stereocenters. The molecule has 0 aromatic heterocycles. The molecule has 0 radical (unpaired) electrons. The maximum Gasteiger partial charge on any atom is 0.192 e. The Morgan fingerprint density at radius 1 is 1.61 bits per heavy atom. The van der Waals surface area contributed by atoms with Gasteiger partial charge in [-0.15, -0.1) is 0 Å². The van der Waals surface area contributed by atoms with E-state index in [1.807, 2.05) is 0 Å². The fourth-order valence-electron chi connectivity index (χ4n) is 2.92. The summed E-state index contributed by atoms with van der Waals surface area (Å²) in [5, 5.41) is 0. The van der Waals surface area contributed by atoms with Crippen molar-refractivity contribution in [1.82, 2.24) is 4.90 Å². The standard InChI is InChI=1S/C13H25N3O2/c1-10(2)13(9-17-3)8-15-12(14)16(13)7-11-5-4-6-18-11/h10-11H,4-9H2,1-3H3,(H2,14,15). The molecule has 0 amide bonds. The van der Waals surface area contributed by atoms with E-state index >= 15 is 0 Å². The molecule has 5 nitrogen and oxygen atoms in total. The van der Waals surface area contributed by atoms with E-state index in [-0.39, 0.29) is 11.6 Å². The summed E-state index contributed by atoms with van der Waals surface area (Å²) in [7, 11) is 1.74. The van der Waals surface area contributed by atoms with Crippen LogP contribution >= 0.6 is 0 Å². The quantitative estimate of drug-likeness (QED) is 0.791. The van der Waals surface area contributed by atoms with Crippen LogP contribution in [-0.2, 0) is 9.47 Å². The Balaban J connectivity index is 2.13. The summed E-state index contributed by atoms with van der Waals surface area (Å²) in [5.41, 5.74) is 5.96. The lowest BCUT2D eigenvalue weighted by Gasteiger charge is -2.42. The molecule has 1 fully saturated rings. The molecular formula is C13H25N3O2. The smallest absolute Gasteiger partial charge is 0.192 e. The molecule has 104 valence electrons.